The van der Waals surface area contributed by atoms with Gasteiger partial charge in [0.1, 0.15) is 5.75 Å². The summed E-state index contributed by atoms with van der Waals surface area (Å²) in [4.78, 5) is 14.4. The first-order chi connectivity index (χ1) is 12.2. The zero-order chi connectivity index (χ0) is 19.3. The number of nitrogens with one attached hydrogen (secondary N) is 1. The molecule has 1 amide bonds. The third-order valence-electron chi connectivity index (χ3n) is 3.98. The third-order valence-corrected chi connectivity index (χ3v) is 4.24. The summed E-state index contributed by atoms with van der Waals surface area (Å²) in [6.07, 6.45) is -0.790. The zero-order valence-electron chi connectivity index (χ0n) is 15.5. The molecule has 2 N–H and O–H groups in total. The maximum absolute atomic E-state index is 12.4. The van der Waals surface area contributed by atoms with Crippen molar-refractivity contribution in [3.63, 3.8) is 0 Å². The lowest BCUT2D eigenvalue weighted by molar-refractivity contribution is -0.134. The van der Waals surface area contributed by atoms with Crippen LogP contribution >= 0.6 is 11.6 Å². The number of amides is 1. The standard InChI is InChI=1S/C20H25ClN2O3/c1-20(2,26-17-11-7-15(21)8-12-17)19(25)22-13-18(24)14-5-9-16(10-6-14)23(3)4/h5-12,18,24H,13H2,1-4H3,(H,22,25). The lowest BCUT2D eigenvalue weighted by Crippen LogP contribution is -2.47. The summed E-state index contributed by atoms with van der Waals surface area (Å²) in [5, 5.41) is 13.6. The Labute approximate surface area is 159 Å². The van der Waals surface area contributed by atoms with Gasteiger partial charge in [0.15, 0.2) is 5.60 Å². The topological polar surface area (TPSA) is 61.8 Å². The van der Waals surface area contributed by atoms with Gasteiger partial charge in [-0.25, -0.2) is 0 Å². The number of nitrogens with zero attached hydrogens (tertiary/aromatic N) is 1. The van der Waals surface area contributed by atoms with Gasteiger partial charge in [-0.2, -0.15) is 0 Å². The molecular weight excluding hydrogens is 352 g/mol. The number of halogens is 1. The molecule has 0 bridgehead atoms. The summed E-state index contributed by atoms with van der Waals surface area (Å²) in [7, 11) is 3.91. The van der Waals surface area contributed by atoms with Gasteiger partial charge in [-0.05, 0) is 55.8 Å². The predicted molar refractivity (Wildman–Crippen MR) is 105 cm³/mol. The number of carbonyl (C=O) groups is 1. The highest BCUT2D eigenvalue weighted by Gasteiger charge is 2.30. The van der Waals surface area contributed by atoms with E-state index in [9.17, 15) is 9.90 Å². The number of benzene rings is 2. The van der Waals surface area contributed by atoms with E-state index >= 15 is 0 Å². The van der Waals surface area contributed by atoms with Crippen molar-refractivity contribution in [1.82, 2.24) is 5.32 Å². The van der Waals surface area contributed by atoms with E-state index in [0.29, 0.717) is 10.8 Å². The lowest BCUT2D eigenvalue weighted by Gasteiger charge is -2.26. The summed E-state index contributed by atoms with van der Waals surface area (Å²) >= 11 is 5.85. The largest absolute Gasteiger partial charge is 0.478 e. The highest BCUT2D eigenvalue weighted by atomic mass is 35.5. The fourth-order valence-electron chi connectivity index (χ4n) is 2.36. The molecule has 0 aromatic heterocycles. The maximum atomic E-state index is 12.4. The van der Waals surface area contributed by atoms with Crippen molar-refractivity contribution in [2.75, 3.05) is 25.5 Å². The second kappa shape index (κ2) is 8.43. The van der Waals surface area contributed by atoms with E-state index in [0.717, 1.165) is 11.3 Å². The summed E-state index contributed by atoms with van der Waals surface area (Å²) in [5.74, 6) is 0.241. The summed E-state index contributed by atoms with van der Waals surface area (Å²) < 4.78 is 5.74. The first-order valence-electron chi connectivity index (χ1n) is 8.37. The summed E-state index contributed by atoms with van der Waals surface area (Å²) in [6, 6.07) is 14.4. The second-order valence-corrected chi connectivity index (χ2v) is 7.21. The molecule has 1 unspecified atom stereocenters. The van der Waals surface area contributed by atoms with Crippen LogP contribution in [-0.4, -0.2) is 37.3 Å². The molecule has 0 spiro atoms. The van der Waals surface area contributed by atoms with Gasteiger partial charge in [-0.3, -0.25) is 4.79 Å². The molecule has 5 nitrogen and oxygen atoms in total. The highest BCUT2D eigenvalue weighted by molar-refractivity contribution is 6.30. The minimum absolute atomic E-state index is 0.105. The van der Waals surface area contributed by atoms with Crippen LogP contribution in [0, 0.1) is 0 Å². The number of aliphatic hydroxyl groups is 1. The number of rotatable bonds is 7. The molecule has 0 aliphatic heterocycles. The molecule has 0 saturated heterocycles. The van der Waals surface area contributed by atoms with E-state index < -0.39 is 11.7 Å². The van der Waals surface area contributed by atoms with Crippen LogP contribution in [0.2, 0.25) is 5.02 Å². The molecule has 0 radical (unpaired) electrons. The fourth-order valence-corrected chi connectivity index (χ4v) is 2.48. The number of carbonyl (C=O) groups excluding carboxylic acids is 1. The predicted octanol–water partition coefficient (Wildman–Crippen LogP) is 3.41. The number of anilines is 1. The molecule has 140 valence electrons. The van der Waals surface area contributed by atoms with Crippen LogP contribution in [0.5, 0.6) is 5.75 Å². The molecule has 0 aliphatic rings. The summed E-state index contributed by atoms with van der Waals surface area (Å²) in [6.45, 7) is 3.46. The van der Waals surface area contributed by atoms with Gasteiger partial charge < -0.3 is 20.1 Å². The third kappa shape index (κ3) is 5.38. The SMILES string of the molecule is CN(C)c1ccc(C(O)CNC(=O)C(C)(C)Oc2ccc(Cl)cc2)cc1. The van der Waals surface area contributed by atoms with E-state index in [2.05, 4.69) is 5.32 Å². The first kappa shape index (κ1) is 20.1. The van der Waals surface area contributed by atoms with Crippen molar-refractivity contribution < 1.29 is 14.6 Å². The van der Waals surface area contributed by atoms with Crippen LogP contribution in [0.15, 0.2) is 48.5 Å². The van der Waals surface area contributed by atoms with E-state index in [1.54, 1.807) is 38.1 Å². The van der Waals surface area contributed by atoms with Crippen LogP contribution in [0.1, 0.15) is 25.5 Å². The van der Waals surface area contributed by atoms with Crippen molar-refractivity contribution in [1.29, 1.82) is 0 Å². The van der Waals surface area contributed by atoms with Gasteiger partial charge in [-0.1, -0.05) is 23.7 Å². The Balaban J connectivity index is 1.92. The minimum Gasteiger partial charge on any atom is -0.478 e. The monoisotopic (exact) mass is 376 g/mol. The normalized spacial score (nSPS) is 12.4. The molecule has 0 heterocycles. The van der Waals surface area contributed by atoms with Gasteiger partial charge >= 0.3 is 0 Å². The van der Waals surface area contributed by atoms with Gasteiger partial charge in [0.05, 0.1) is 6.10 Å². The Hall–Kier alpha value is -2.24. The molecule has 0 fully saturated rings. The molecule has 2 aromatic rings. The van der Waals surface area contributed by atoms with E-state index in [4.69, 9.17) is 16.3 Å². The zero-order valence-corrected chi connectivity index (χ0v) is 16.2. The molecule has 0 aliphatic carbocycles. The first-order valence-corrected chi connectivity index (χ1v) is 8.75. The molecular formula is C20H25ClN2O3. The maximum Gasteiger partial charge on any atom is 0.263 e. The quantitative estimate of drug-likeness (QED) is 0.777. The smallest absolute Gasteiger partial charge is 0.263 e. The van der Waals surface area contributed by atoms with Crippen LogP contribution in [0.25, 0.3) is 0 Å². The highest BCUT2D eigenvalue weighted by Crippen LogP contribution is 2.22. The van der Waals surface area contributed by atoms with E-state index in [-0.39, 0.29) is 12.5 Å². The Morgan fingerprint density at radius 1 is 1.15 bits per heavy atom. The molecule has 2 rings (SSSR count). The van der Waals surface area contributed by atoms with Crippen molar-refractivity contribution >= 4 is 23.2 Å². The lowest BCUT2D eigenvalue weighted by atomic mass is 10.1. The van der Waals surface area contributed by atoms with Gasteiger partial charge in [0.2, 0.25) is 0 Å². The van der Waals surface area contributed by atoms with Crippen LogP contribution in [-0.2, 0) is 4.79 Å². The van der Waals surface area contributed by atoms with Crippen LogP contribution < -0.4 is 15.0 Å². The second-order valence-electron chi connectivity index (χ2n) is 6.78. The number of hydrogen-bond acceptors (Lipinski definition) is 4. The van der Waals surface area contributed by atoms with Crippen molar-refractivity contribution in [2.45, 2.75) is 25.6 Å². The van der Waals surface area contributed by atoms with E-state index in [1.807, 2.05) is 43.3 Å². The Morgan fingerprint density at radius 3 is 2.27 bits per heavy atom. The minimum atomic E-state index is -1.08. The van der Waals surface area contributed by atoms with Crippen molar-refractivity contribution in [2.24, 2.45) is 0 Å². The van der Waals surface area contributed by atoms with Crippen LogP contribution in [0.3, 0.4) is 0 Å². The van der Waals surface area contributed by atoms with E-state index in [1.165, 1.54) is 0 Å². The Kier molecular flexibility index (Phi) is 6.51. The van der Waals surface area contributed by atoms with Crippen LogP contribution in [0.4, 0.5) is 5.69 Å². The van der Waals surface area contributed by atoms with Gasteiger partial charge in [0, 0.05) is 31.4 Å². The molecule has 0 saturated carbocycles. The number of hydrogen-bond donors (Lipinski definition) is 2. The Bertz CT molecular complexity index is 728. The van der Waals surface area contributed by atoms with Crippen molar-refractivity contribution in [3.8, 4) is 5.75 Å². The average Bonchev–Trinajstić information content (AvgIpc) is 2.61. The molecule has 26 heavy (non-hydrogen) atoms. The van der Waals surface area contributed by atoms with Gasteiger partial charge in [0.25, 0.3) is 5.91 Å². The fraction of sp³-hybridized carbons (Fsp3) is 0.350. The van der Waals surface area contributed by atoms with Gasteiger partial charge in [-0.15, -0.1) is 0 Å². The molecule has 2 aromatic carbocycles. The molecule has 6 heteroatoms. The summed E-state index contributed by atoms with van der Waals surface area (Å²) in [5.41, 5.74) is 0.706. The number of ether oxygens (including phenoxy) is 1. The van der Waals surface area contributed by atoms with Crippen molar-refractivity contribution in [3.05, 3.63) is 59.1 Å². The number of aliphatic hydroxyl groups excluding tert-OH is 1. The molecule has 1 atom stereocenters. The Morgan fingerprint density at radius 2 is 1.73 bits per heavy atom. The average molecular weight is 377 g/mol.